The first-order valence-electron chi connectivity index (χ1n) is 15.0. The van der Waals surface area contributed by atoms with Crippen LogP contribution in [0.15, 0.2) is 78.9 Å². The number of benzene rings is 3. The van der Waals surface area contributed by atoms with E-state index in [-0.39, 0.29) is 18.2 Å². The predicted molar refractivity (Wildman–Crippen MR) is 170 cm³/mol. The highest BCUT2D eigenvalue weighted by Crippen LogP contribution is 2.30. The van der Waals surface area contributed by atoms with Gasteiger partial charge in [0.25, 0.3) is 0 Å². The molecule has 5 nitrogen and oxygen atoms in total. The molecule has 0 amide bonds. The normalized spacial score (nSPS) is 18.2. The van der Waals surface area contributed by atoms with Gasteiger partial charge in [-0.1, -0.05) is 60.7 Å². The van der Waals surface area contributed by atoms with Gasteiger partial charge in [0.05, 0.1) is 6.61 Å². The summed E-state index contributed by atoms with van der Waals surface area (Å²) in [6, 6.07) is 26.9. The van der Waals surface area contributed by atoms with Gasteiger partial charge in [-0.15, -0.1) is 12.4 Å². The average Bonchev–Trinajstić information content (AvgIpc) is 3.00. The Labute approximate surface area is 252 Å². The zero-order valence-electron chi connectivity index (χ0n) is 24.6. The number of nitrogens with zero attached hydrogens (tertiary/aromatic N) is 4. The topological polar surface area (TPSA) is 22.2 Å². The summed E-state index contributed by atoms with van der Waals surface area (Å²) in [6.07, 6.45) is 1.02. The molecule has 0 spiro atoms. The molecule has 0 aromatic heterocycles. The fourth-order valence-corrected chi connectivity index (χ4v) is 6.04. The minimum absolute atomic E-state index is 0. The van der Waals surface area contributed by atoms with E-state index < -0.39 is 0 Å². The lowest BCUT2D eigenvalue weighted by Gasteiger charge is -2.43. The molecule has 7 heteroatoms. The Morgan fingerprint density at radius 3 is 2.00 bits per heavy atom. The number of rotatable bonds is 11. The maximum absolute atomic E-state index is 13.7. The molecule has 0 saturated carbocycles. The van der Waals surface area contributed by atoms with Gasteiger partial charge in [-0.05, 0) is 49.6 Å². The van der Waals surface area contributed by atoms with E-state index in [0.29, 0.717) is 12.1 Å². The summed E-state index contributed by atoms with van der Waals surface area (Å²) >= 11 is 0. The van der Waals surface area contributed by atoms with Crippen LogP contribution in [-0.4, -0.2) is 97.7 Å². The minimum atomic E-state index is -0.159. The van der Waals surface area contributed by atoms with Crippen molar-refractivity contribution in [1.82, 2.24) is 19.6 Å². The maximum Gasteiger partial charge on any atom is 0.127 e. The summed E-state index contributed by atoms with van der Waals surface area (Å²) < 4.78 is 19.9. The van der Waals surface area contributed by atoms with Gasteiger partial charge < -0.3 is 9.64 Å². The average molecular weight is 581 g/mol. The van der Waals surface area contributed by atoms with Crippen LogP contribution in [0.25, 0.3) is 11.1 Å². The lowest BCUT2D eigenvalue weighted by Crippen LogP contribution is -2.53. The standard InChI is InChI=1S/C34H45FN4O.ClH/c1-28(2)38-22-24-39(25-23-38)33(30-13-15-31(35)16-14-30)27-37-20-18-36(19-21-37)17-8-26-40-34-12-7-6-11-32(34)29-9-4-3-5-10-29;/h3-7,9-16,28,33H,8,17-27H2,1-2H3;1H. The van der Waals surface area contributed by atoms with Crippen LogP contribution in [0.1, 0.15) is 31.9 Å². The predicted octanol–water partition coefficient (Wildman–Crippen LogP) is 6.07. The minimum Gasteiger partial charge on any atom is -0.493 e. The highest BCUT2D eigenvalue weighted by Gasteiger charge is 2.29. The van der Waals surface area contributed by atoms with Crippen LogP contribution in [0.2, 0.25) is 0 Å². The number of hydrogen-bond donors (Lipinski definition) is 0. The van der Waals surface area contributed by atoms with E-state index >= 15 is 0 Å². The zero-order valence-corrected chi connectivity index (χ0v) is 25.4. The lowest BCUT2D eigenvalue weighted by molar-refractivity contribution is 0.0476. The Morgan fingerprint density at radius 2 is 1.32 bits per heavy atom. The van der Waals surface area contributed by atoms with Crippen molar-refractivity contribution in [3.8, 4) is 16.9 Å². The largest absolute Gasteiger partial charge is 0.493 e. The smallest absolute Gasteiger partial charge is 0.127 e. The summed E-state index contributed by atoms with van der Waals surface area (Å²) in [4.78, 5) is 10.3. The number of hydrogen-bond acceptors (Lipinski definition) is 5. The van der Waals surface area contributed by atoms with Crippen LogP contribution in [0.3, 0.4) is 0 Å². The molecule has 2 aliphatic heterocycles. The van der Waals surface area contributed by atoms with Crippen molar-refractivity contribution in [3.63, 3.8) is 0 Å². The van der Waals surface area contributed by atoms with E-state index in [0.717, 1.165) is 89.8 Å². The second kappa shape index (κ2) is 15.7. The quantitative estimate of drug-likeness (QED) is 0.256. The molecule has 2 heterocycles. The molecule has 3 aromatic rings. The second-order valence-corrected chi connectivity index (χ2v) is 11.4. The van der Waals surface area contributed by atoms with Gasteiger partial charge in [-0.25, -0.2) is 4.39 Å². The molecular weight excluding hydrogens is 535 g/mol. The Hall–Kier alpha value is -2.48. The first kappa shape index (κ1) is 31.5. The molecule has 222 valence electrons. The van der Waals surface area contributed by atoms with E-state index in [1.807, 2.05) is 24.3 Å². The third-order valence-electron chi connectivity index (χ3n) is 8.52. The molecular formula is C34H46ClFN4O. The molecule has 41 heavy (non-hydrogen) atoms. The fraction of sp³-hybridized carbons (Fsp3) is 0.471. The summed E-state index contributed by atoms with van der Waals surface area (Å²) in [7, 11) is 0. The van der Waals surface area contributed by atoms with Crippen LogP contribution in [0.5, 0.6) is 5.75 Å². The molecule has 2 fully saturated rings. The summed E-state index contributed by atoms with van der Waals surface area (Å²) in [5.74, 6) is 0.799. The van der Waals surface area contributed by atoms with E-state index in [4.69, 9.17) is 4.74 Å². The third kappa shape index (κ3) is 8.76. The first-order chi connectivity index (χ1) is 19.6. The van der Waals surface area contributed by atoms with E-state index in [1.165, 1.54) is 11.1 Å². The summed E-state index contributed by atoms with van der Waals surface area (Å²) in [6.45, 7) is 16.0. The van der Waals surface area contributed by atoms with Gasteiger partial charge in [-0.2, -0.15) is 0 Å². The molecule has 5 rings (SSSR count). The van der Waals surface area contributed by atoms with Crippen LogP contribution < -0.4 is 4.74 Å². The molecule has 0 radical (unpaired) electrons. The number of para-hydroxylation sites is 1. The maximum atomic E-state index is 13.7. The van der Waals surface area contributed by atoms with E-state index in [9.17, 15) is 4.39 Å². The summed E-state index contributed by atoms with van der Waals surface area (Å²) in [5.41, 5.74) is 3.57. The van der Waals surface area contributed by atoms with Crippen LogP contribution >= 0.6 is 12.4 Å². The summed E-state index contributed by atoms with van der Waals surface area (Å²) in [5, 5.41) is 0. The molecule has 1 unspecified atom stereocenters. The van der Waals surface area contributed by atoms with Crippen molar-refractivity contribution in [3.05, 3.63) is 90.2 Å². The molecule has 3 aromatic carbocycles. The van der Waals surface area contributed by atoms with Gasteiger partial charge in [0.15, 0.2) is 0 Å². The lowest BCUT2D eigenvalue weighted by atomic mass is 10.0. The Kier molecular flexibility index (Phi) is 12.0. The highest BCUT2D eigenvalue weighted by molar-refractivity contribution is 5.85. The highest BCUT2D eigenvalue weighted by atomic mass is 35.5. The number of ether oxygens (including phenoxy) is 1. The van der Waals surface area contributed by atoms with Gasteiger partial charge in [0.2, 0.25) is 0 Å². The SMILES string of the molecule is CC(C)N1CCN(C(CN2CCN(CCCOc3ccccc3-c3ccccc3)CC2)c2ccc(F)cc2)CC1.Cl. The molecule has 1 atom stereocenters. The second-order valence-electron chi connectivity index (χ2n) is 11.4. The Bertz CT molecular complexity index is 1160. The Balaban J connectivity index is 0.00000387. The molecule has 0 aliphatic carbocycles. The number of piperazine rings is 2. The van der Waals surface area contributed by atoms with Gasteiger partial charge in [0, 0.05) is 83.1 Å². The van der Waals surface area contributed by atoms with Gasteiger partial charge >= 0.3 is 0 Å². The van der Waals surface area contributed by atoms with Crippen molar-refractivity contribution >= 4 is 12.4 Å². The molecule has 0 bridgehead atoms. The van der Waals surface area contributed by atoms with Crippen molar-refractivity contribution in [2.45, 2.75) is 32.4 Å². The van der Waals surface area contributed by atoms with Crippen LogP contribution in [0.4, 0.5) is 4.39 Å². The van der Waals surface area contributed by atoms with Crippen LogP contribution in [0, 0.1) is 5.82 Å². The zero-order chi connectivity index (χ0) is 27.7. The van der Waals surface area contributed by atoms with Crippen LogP contribution in [-0.2, 0) is 0 Å². The van der Waals surface area contributed by atoms with Gasteiger partial charge in [0.1, 0.15) is 11.6 Å². The first-order valence-corrected chi connectivity index (χ1v) is 15.0. The molecule has 2 aliphatic rings. The van der Waals surface area contributed by atoms with Crippen molar-refractivity contribution in [2.24, 2.45) is 0 Å². The molecule has 0 N–H and O–H groups in total. The van der Waals surface area contributed by atoms with Gasteiger partial charge in [-0.3, -0.25) is 14.7 Å². The van der Waals surface area contributed by atoms with Crippen molar-refractivity contribution in [1.29, 1.82) is 0 Å². The van der Waals surface area contributed by atoms with Crippen molar-refractivity contribution < 1.29 is 9.13 Å². The van der Waals surface area contributed by atoms with E-state index in [1.54, 1.807) is 12.1 Å². The van der Waals surface area contributed by atoms with E-state index in [2.05, 4.69) is 75.9 Å². The number of halogens is 2. The fourth-order valence-electron chi connectivity index (χ4n) is 6.04. The third-order valence-corrected chi connectivity index (χ3v) is 8.52. The molecule has 2 saturated heterocycles. The monoisotopic (exact) mass is 580 g/mol. The van der Waals surface area contributed by atoms with Crippen molar-refractivity contribution in [2.75, 3.05) is 72.1 Å². The Morgan fingerprint density at radius 1 is 0.707 bits per heavy atom.